The van der Waals surface area contributed by atoms with Crippen molar-refractivity contribution in [1.82, 2.24) is 4.90 Å². The molecule has 1 aliphatic heterocycles. The molecule has 11 heavy (non-hydrogen) atoms. The fraction of sp³-hybridized carbons (Fsp3) is 1.00. The molecule has 1 saturated heterocycles. The molecule has 0 bridgehead atoms. The molecule has 1 heterocycles. The van der Waals surface area contributed by atoms with Gasteiger partial charge in [-0.05, 0) is 20.3 Å². The zero-order valence-electron chi connectivity index (χ0n) is 7.33. The molecule has 0 aliphatic carbocycles. The maximum absolute atomic E-state index is 9.01. The second kappa shape index (κ2) is 3.52. The summed E-state index contributed by atoms with van der Waals surface area (Å²) in [7, 11) is 0. The number of nitrogens with two attached hydrogens (primary N) is 1. The van der Waals surface area contributed by atoms with Crippen LogP contribution in [-0.2, 0) is 0 Å². The average Bonchev–Trinajstić information content (AvgIpc) is 2.30. The standard InChI is InChI=1S/C8H18N2O/c1-6(2)10-4-7(9)3-8(10)5-11/h6-8,11H,3-5,9H2,1-2H3/t7-,8?/m1/s1. The summed E-state index contributed by atoms with van der Waals surface area (Å²) in [6.07, 6.45) is 0.939. The minimum absolute atomic E-state index is 0.242. The van der Waals surface area contributed by atoms with Gasteiger partial charge in [-0.3, -0.25) is 4.90 Å². The predicted octanol–water partition coefficient (Wildman–Crippen LogP) is -0.211. The van der Waals surface area contributed by atoms with Gasteiger partial charge in [-0.1, -0.05) is 0 Å². The van der Waals surface area contributed by atoms with E-state index >= 15 is 0 Å². The van der Waals surface area contributed by atoms with E-state index in [1.54, 1.807) is 0 Å². The highest BCUT2D eigenvalue weighted by atomic mass is 16.3. The number of aliphatic hydroxyl groups excluding tert-OH is 1. The normalized spacial score (nSPS) is 33.5. The van der Waals surface area contributed by atoms with Crippen LogP contribution in [0, 0.1) is 0 Å². The Kier molecular flexibility index (Phi) is 2.87. The molecule has 0 aromatic heterocycles. The lowest BCUT2D eigenvalue weighted by Gasteiger charge is -2.26. The zero-order valence-corrected chi connectivity index (χ0v) is 7.33. The highest BCUT2D eigenvalue weighted by Crippen LogP contribution is 2.18. The molecule has 3 N–H and O–H groups in total. The molecule has 0 aromatic rings. The third-order valence-electron chi connectivity index (χ3n) is 2.36. The summed E-state index contributed by atoms with van der Waals surface area (Å²) in [6.45, 7) is 5.45. The Hall–Kier alpha value is -0.120. The van der Waals surface area contributed by atoms with Crippen molar-refractivity contribution >= 4 is 0 Å². The smallest absolute Gasteiger partial charge is 0.0587 e. The lowest BCUT2D eigenvalue weighted by atomic mass is 10.2. The van der Waals surface area contributed by atoms with Gasteiger partial charge in [0.25, 0.3) is 0 Å². The van der Waals surface area contributed by atoms with Crippen LogP contribution in [0.5, 0.6) is 0 Å². The van der Waals surface area contributed by atoms with Crippen LogP contribution in [0.3, 0.4) is 0 Å². The first-order valence-corrected chi connectivity index (χ1v) is 4.27. The number of rotatable bonds is 2. The molecule has 1 fully saturated rings. The number of likely N-dealkylation sites (tertiary alicyclic amines) is 1. The molecule has 3 nitrogen and oxygen atoms in total. The zero-order chi connectivity index (χ0) is 8.43. The molecular weight excluding hydrogens is 140 g/mol. The van der Waals surface area contributed by atoms with Gasteiger partial charge in [0, 0.05) is 24.7 Å². The highest BCUT2D eigenvalue weighted by molar-refractivity contribution is 4.88. The van der Waals surface area contributed by atoms with E-state index in [0.29, 0.717) is 12.1 Å². The molecule has 1 rings (SSSR count). The molecule has 0 aromatic carbocycles. The van der Waals surface area contributed by atoms with Gasteiger partial charge in [-0.25, -0.2) is 0 Å². The summed E-state index contributed by atoms with van der Waals surface area (Å²) in [4.78, 5) is 2.27. The molecular formula is C8H18N2O. The fourth-order valence-electron chi connectivity index (χ4n) is 1.79. The number of hydrogen-bond acceptors (Lipinski definition) is 3. The third kappa shape index (κ3) is 1.92. The van der Waals surface area contributed by atoms with Crippen molar-refractivity contribution in [3.63, 3.8) is 0 Å². The van der Waals surface area contributed by atoms with Crippen molar-refractivity contribution in [1.29, 1.82) is 0 Å². The lowest BCUT2D eigenvalue weighted by Crippen LogP contribution is -2.38. The van der Waals surface area contributed by atoms with Gasteiger partial charge in [-0.15, -0.1) is 0 Å². The minimum atomic E-state index is 0.242. The third-order valence-corrected chi connectivity index (χ3v) is 2.36. The molecule has 1 aliphatic rings. The van der Waals surface area contributed by atoms with Crippen LogP contribution in [0.4, 0.5) is 0 Å². The second-order valence-electron chi connectivity index (χ2n) is 3.62. The van der Waals surface area contributed by atoms with Crippen molar-refractivity contribution in [2.24, 2.45) is 5.73 Å². The molecule has 3 heteroatoms. The van der Waals surface area contributed by atoms with E-state index < -0.39 is 0 Å². The Balaban J connectivity index is 2.50. The Morgan fingerprint density at radius 3 is 2.64 bits per heavy atom. The van der Waals surface area contributed by atoms with E-state index in [9.17, 15) is 0 Å². The first kappa shape index (κ1) is 8.97. The van der Waals surface area contributed by atoms with Crippen LogP contribution < -0.4 is 5.73 Å². The van der Waals surface area contributed by atoms with Crippen LogP contribution >= 0.6 is 0 Å². The molecule has 2 atom stereocenters. The number of aliphatic hydroxyl groups is 1. The van der Waals surface area contributed by atoms with E-state index in [1.807, 2.05) is 0 Å². The van der Waals surface area contributed by atoms with E-state index in [4.69, 9.17) is 10.8 Å². The first-order chi connectivity index (χ1) is 5.15. The Labute approximate surface area is 68.2 Å². The largest absolute Gasteiger partial charge is 0.395 e. The summed E-state index contributed by atoms with van der Waals surface area (Å²) in [6, 6.07) is 1.06. The molecule has 1 unspecified atom stereocenters. The number of hydrogen-bond donors (Lipinski definition) is 2. The minimum Gasteiger partial charge on any atom is -0.395 e. The molecule has 0 amide bonds. The summed E-state index contributed by atoms with van der Waals surface area (Å²) in [5.41, 5.74) is 5.78. The average molecular weight is 158 g/mol. The SMILES string of the molecule is CC(C)N1C[C@H](N)CC1CO. The summed E-state index contributed by atoms with van der Waals surface area (Å²) < 4.78 is 0. The van der Waals surface area contributed by atoms with E-state index in [1.165, 1.54) is 0 Å². The Morgan fingerprint density at radius 2 is 2.27 bits per heavy atom. The molecule has 0 saturated carbocycles. The maximum Gasteiger partial charge on any atom is 0.0587 e. The Morgan fingerprint density at radius 1 is 1.64 bits per heavy atom. The van der Waals surface area contributed by atoms with Gasteiger partial charge in [0.2, 0.25) is 0 Å². The van der Waals surface area contributed by atoms with Crippen LogP contribution in [0.2, 0.25) is 0 Å². The van der Waals surface area contributed by atoms with Gasteiger partial charge in [0.1, 0.15) is 0 Å². The van der Waals surface area contributed by atoms with Crippen molar-refractivity contribution in [2.75, 3.05) is 13.2 Å². The van der Waals surface area contributed by atoms with Crippen LogP contribution in [0.15, 0.2) is 0 Å². The summed E-state index contributed by atoms with van der Waals surface area (Å²) >= 11 is 0. The summed E-state index contributed by atoms with van der Waals surface area (Å²) in [5.74, 6) is 0. The van der Waals surface area contributed by atoms with Gasteiger partial charge < -0.3 is 10.8 Å². The van der Waals surface area contributed by atoms with Crippen LogP contribution in [0.25, 0.3) is 0 Å². The van der Waals surface area contributed by atoms with Gasteiger partial charge in [0.15, 0.2) is 0 Å². The topological polar surface area (TPSA) is 49.5 Å². The van der Waals surface area contributed by atoms with Crippen molar-refractivity contribution in [2.45, 2.75) is 38.4 Å². The second-order valence-corrected chi connectivity index (χ2v) is 3.62. The molecule has 0 spiro atoms. The van der Waals surface area contributed by atoms with Gasteiger partial charge in [0.05, 0.1) is 6.61 Å². The van der Waals surface area contributed by atoms with Gasteiger partial charge >= 0.3 is 0 Å². The quantitative estimate of drug-likeness (QED) is 0.584. The fourth-order valence-corrected chi connectivity index (χ4v) is 1.79. The lowest BCUT2D eigenvalue weighted by molar-refractivity contribution is 0.132. The molecule has 0 radical (unpaired) electrons. The van der Waals surface area contributed by atoms with Crippen molar-refractivity contribution in [3.05, 3.63) is 0 Å². The van der Waals surface area contributed by atoms with E-state index in [-0.39, 0.29) is 12.6 Å². The van der Waals surface area contributed by atoms with Crippen LogP contribution in [-0.4, -0.2) is 41.3 Å². The highest BCUT2D eigenvalue weighted by Gasteiger charge is 2.30. The van der Waals surface area contributed by atoms with Gasteiger partial charge in [-0.2, -0.15) is 0 Å². The number of nitrogens with zero attached hydrogens (tertiary/aromatic N) is 1. The van der Waals surface area contributed by atoms with Crippen molar-refractivity contribution < 1.29 is 5.11 Å². The maximum atomic E-state index is 9.01. The summed E-state index contributed by atoms with van der Waals surface area (Å²) in [5, 5.41) is 9.01. The van der Waals surface area contributed by atoms with Crippen LogP contribution in [0.1, 0.15) is 20.3 Å². The van der Waals surface area contributed by atoms with E-state index in [2.05, 4.69) is 18.7 Å². The van der Waals surface area contributed by atoms with Crippen molar-refractivity contribution in [3.8, 4) is 0 Å². The monoisotopic (exact) mass is 158 g/mol. The van der Waals surface area contributed by atoms with E-state index in [0.717, 1.165) is 13.0 Å². The molecule has 66 valence electrons. The first-order valence-electron chi connectivity index (χ1n) is 4.27. The Bertz CT molecular complexity index is 127. The predicted molar refractivity (Wildman–Crippen MR) is 45.3 cm³/mol.